The third kappa shape index (κ3) is 3.80. The second-order valence-electron chi connectivity index (χ2n) is 7.35. The first-order valence-corrected chi connectivity index (χ1v) is 7.83. The van der Waals surface area contributed by atoms with Gasteiger partial charge in [-0.3, -0.25) is 0 Å². The lowest BCUT2D eigenvalue weighted by atomic mass is 9.85. The summed E-state index contributed by atoms with van der Waals surface area (Å²) in [5, 5.41) is 12.0. The SMILES string of the molecule is COC1c2cc(C#N)ccc2OC(C)(C)C1NC(=O)OC(C)(C)C. The zero-order valence-electron chi connectivity index (χ0n) is 15.0. The lowest BCUT2D eigenvalue weighted by molar-refractivity contribution is -0.0496. The van der Waals surface area contributed by atoms with Gasteiger partial charge in [-0.25, -0.2) is 4.79 Å². The predicted molar refractivity (Wildman–Crippen MR) is 88.8 cm³/mol. The van der Waals surface area contributed by atoms with Crippen molar-refractivity contribution >= 4 is 6.09 Å². The van der Waals surface area contributed by atoms with Gasteiger partial charge in [0.15, 0.2) is 0 Å². The molecule has 1 heterocycles. The van der Waals surface area contributed by atoms with Crippen LogP contribution >= 0.6 is 0 Å². The number of nitriles is 1. The molecule has 0 aromatic heterocycles. The lowest BCUT2D eigenvalue weighted by Crippen LogP contribution is -2.58. The molecule has 2 rings (SSSR count). The van der Waals surface area contributed by atoms with Crippen molar-refractivity contribution in [1.82, 2.24) is 5.32 Å². The van der Waals surface area contributed by atoms with Crippen LogP contribution in [0.2, 0.25) is 0 Å². The molecule has 6 nitrogen and oxygen atoms in total. The Hall–Kier alpha value is -2.26. The monoisotopic (exact) mass is 332 g/mol. The van der Waals surface area contributed by atoms with Crippen molar-refractivity contribution in [3.8, 4) is 11.8 Å². The van der Waals surface area contributed by atoms with Crippen LogP contribution in [-0.4, -0.2) is 30.4 Å². The molecule has 0 fully saturated rings. The molecule has 0 saturated carbocycles. The van der Waals surface area contributed by atoms with Crippen molar-refractivity contribution < 1.29 is 19.0 Å². The summed E-state index contributed by atoms with van der Waals surface area (Å²) < 4.78 is 17.0. The molecule has 0 aliphatic carbocycles. The fourth-order valence-electron chi connectivity index (χ4n) is 2.77. The number of hydrogen-bond acceptors (Lipinski definition) is 5. The molecule has 1 aromatic carbocycles. The van der Waals surface area contributed by atoms with Crippen molar-refractivity contribution in [1.29, 1.82) is 5.26 Å². The summed E-state index contributed by atoms with van der Waals surface area (Å²) >= 11 is 0. The smallest absolute Gasteiger partial charge is 0.408 e. The summed E-state index contributed by atoms with van der Waals surface area (Å²) in [6.45, 7) is 9.16. The summed E-state index contributed by atoms with van der Waals surface area (Å²) in [5.41, 5.74) is -0.0659. The van der Waals surface area contributed by atoms with Gasteiger partial charge in [0.25, 0.3) is 0 Å². The number of carbonyl (C=O) groups excluding carboxylic acids is 1. The van der Waals surface area contributed by atoms with E-state index < -0.39 is 29.4 Å². The summed E-state index contributed by atoms with van der Waals surface area (Å²) in [5.74, 6) is 0.646. The van der Waals surface area contributed by atoms with Gasteiger partial charge in [0.1, 0.15) is 29.1 Å². The quantitative estimate of drug-likeness (QED) is 0.898. The first-order chi connectivity index (χ1) is 11.1. The minimum atomic E-state index is -0.710. The number of methoxy groups -OCH3 is 1. The van der Waals surface area contributed by atoms with Gasteiger partial charge >= 0.3 is 6.09 Å². The summed E-state index contributed by atoms with van der Waals surface area (Å²) in [6, 6.07) is 6.81. The third-order valence-electron chi connectivity index (χ3n) is 3.80. The van der Waals surface area contributed by atoms with Crippen molar-refractivity contribution in [2.75, 3.05) is 7.11 Å². The number of fused-ring (bicyclic) bond motifs is 1. The highest BCUT2D eigenvalue weighted by atomic mass is 16.6. The summed E-state index contributed by atoms with van der Waals surface area (Å²) in [6.07, 6.45) is -0.990. The van der Waals surface area contributed by atoms with Crippen LogP contribution in [0.3, 0.4) is 0 Å². The topological polar surface area (TPSA) is 80.6 Å². The molecule has 1 aliphatic heterocycles. The van der Waals surface area contributed by atoms with E-state index in [1.165, 1.54) is 0 Å². The molecule has 2 unspecified atom stereocenters. The van der Waals surface area contributed by atoms with Crippen molar-refractivity contribution in [2.24, 2.45) is 0 Å². The molecule has 24 heavy (non-hydrogen) atoms. The molecule has 130 valence electrons. The van der Waals surface area contributed by atoms with Gasteiger partial charge in [0.05, 0.1) is 11.6 Å². The Morgan fingerprint density at radius 2 is 2.04 bits per heavy atom. The number of rotatable bonds is 2. The number of nitrogens with zero attached hydrogens (tertiary/aromatic N) is 1. The van der Waals surface area contributed by atoms with Crippen LogP contribution < -0.4 is 10.1 Å². The Morgan fingerprint density at radius 1 is 1.38 bits per heavy atom. The fourth-order valence-corrected chi connectivity index (χ4v) is 2.77. The van der Waals surface area contributed by atoms with Crippen LogP contribution in [0.25, 0.3) is 0 Å². The maximum atomic E-state index is 12.2. The van der Waals surface area contributed by atoms with Gasteiger partial charge in [-0.2, -0.15) is 5.26 Å². The number of alkyl carbamates (subject to hydrolysis) is 1. The molecule has 0 bridgehead atoms. The summed E-state index contributed by atoms with van der Waals surface area (Å²) in [4.78, 5) is 12.2. The highest BCUT2D eigenvalue weighted by Gasteiger charge is 2.45. The van der Waals surface area contributed by atoms with Crippen molar-refractivity contribution in [2.45, 2.75) is 58.0 Å². The average molecular weight is 332 g/mol. The molecule has 6 heteroatoms. The average Bonchev–Trinajstić information content (AvgIpc) is 2.45. The van der Waals surface area contributed by atoms with E-state index in [0.717, 1.165) is 5.56 Å². The van der Waals surface area contributed by atoms with E-state index in [4.69, 9.17) is 19.5 Å². The van der Waals surface area contributed by atoms with Crippen LogP contribution in [0.5, 0.6) is 5.75 Å². The van der Waals surface area contributed by atoms with Crippen LogP contribution in [0.1, 0.15) is 51.8 Å². The maximum absolute atomic E-state index is 12.2. The van der Waals surface area contributed by atoms with Crippen LogP contribution in [0, 0.1) is 11.3 Å². The number of benzene rings is 1. The largest absolute Gasteiger partial charge is 0.485 e. The predicted octanol–water partition coefficient (Wildman–Crippen LogP) is 3.31. The number of nitrogens with one attached hydrogen (secondary N) is 1. The maximum Gasteiger partial charge on any atom is 0.408 e. The first-order valence-electron chi connectivity index (χ1n) is 7.83. The zero-order chi connectivity index (χ0) is 18.1. The second-order valence-corrected chi connectivity index (χ2v) is 7.35. The molecule has 1 N–H and O–H groups in total. The van der Waals surface area contributed by atoms with E-state index in [-0.39, 0.29) is 0 Å². The highest BCUT2D eigenvalue weighted by Crippen LogP contribution is 2.41. The van der Waals surface area contributed by atoms with E-state index in [1.807, 2.05) is 13.8 Å². The minimum Gasteiger partial charge on any atom is -0.485 e. The van der Waals surface area contributed by atoms with Crippen molar-refractivity contribution in [3.05, 3.63) is 29.3 Å². The first kappa shape index (κ1) is 18.1. The van der Waals surface area contributed by atoms with Gasteiger partial charge in [-0.05, 0) is 52.8 Å². The third-order valence-corrected chi connectivity index (χ3v) is 3.80. The number of amides is 1. The standard InChI is InChI=1S/C18H24N2O4/c1-17(2,3)24-16(21)20-15-14(22-6)12-9-11(10-19)7-8-13(12)23-18(15,4)5/h7-9,14-15H,1-6H3,(H,20,21). The second kappa shape index (κ2) is 6.33. The molecular formula is C18H24N2O4. The van der Waals surface area contributed by atoms with E-state index in [9.17, 15) is 4.79 Å². The van der Waals surface area contributed by atoms with Crippen LogP contribution in [0.4, 0.5) is 4.79 Å². The van der Waals surface area contributed by atoms with E-state index >= 15 is 0 Å². The molecule has 0 saturated heterocycles. The number of carbonyl (C=O) groups is 1. The number of ether oxygens (including phenoxy) is 3. The van der Waals surface area contributed by atoms with Crippen molar-refractivity contribution in [3.63, 3.8) is 0 Å². The zero-order valence-corrected chi connectivity index (χ0v) is 15.0. The molecule has 2 atom stereocenters. The Labute approximate surface area is 142 Å². The number of hydrogen-bond donors (Lipinski definition) is 1. The molecular weight excluding hydrogens is 308 g/mol. The molecule has 1 aliphatic rings. The summed E-state index contributed by atoms with van der Waals surface area (Å²) in [7, 11) is 1.57. The van der Waals surface area contributed by atoms with Gasteiger partial charge < -0.3 is 19.5 Å². The Balaban J connectivity index is 2.35. The Kier molecular flexibility index (Phi) is 4.77. The van der Waals surface area contributed by atoms with E-state index in [1.54, 1.807) is 46.1 Å². The minimum absolute atomic E-state index is 0.454. The fraction of sp³-hybridized carbons (Fsp3) is 0.556. The lowest BCUT2D eigenvalue weighted by Gasteiger charge is -2.44. The van der Waals surface area contributed by atoms with Gasteiger partial charge in [0.2, 0.25) is 0 Å². The molecule has 1 aromatic rings. The molecule has 0 spiro atoms. The van der Waals surface area contributed by atoms with Gasteiger partial charge in [0, 0.05) is 12.7 Å². The van der Waals surface area contributed by atoms with Gasteiger partial charge in [-0.15, -0.1) is 0 Å². The molecule has 0 radical (unpaired) electrons. The van der Waals surface area contributed by atoms with Gasteiger partial charge in [-0.1, -0.05) is 0 Å². The van der Waals surface area contributed by atoms with Crippen LogP contribution in [-0.2, 0) is 9.47 Å². The Bertz CT molecular complexity index is 671. The van der Waals surface area contributed by atoms with E-state index in [0.29, 0.717) is 11.3 Å². The Morgan fingerprint density at radius 3 is 2.58 bits per heavy atom. The van der Waals surface area contributed by atoms with E-state index in [2.05, 4.69) is 11.4 Å². The highest BCUT2D eigenvalue weighted by molar-refractivity contribution is 5.68. The normalized spacial score (nSPS) is 21.9. The van der Waals surface area contributed by atoms with Crippen LogP contribution in [0.15, 0.2) is 18.2 Å². The molecule has 1 amide bonds.